The Hall–Kier alpha value is -6.20. The molecule has 430 valence electrons. The number of carboxylic acid groups (broad SMARTS) is 2. The van der Waals surface area contributed by atoms with Gasteiger partial charge in [0.1, 0.15) is 50.3 Å². The number of aliphatic hydroxyl groups excluding tert-OH is 4. The van der Waals surface area contributed by atoms with Crippen molar-refractivity contribution < 1.29 is 97.3 Å². The van der Waals surface area contributed by atoms with Crippen molar-refractivity contribution in [2.75, 3.05) is 98.9 Å². The van der Waals surface area contributed by atoms with Crippen molar-refractivity contribution in [2.24, 2.45) is 38.8 Å². The highest BCUT2D eigenvalue weighted by Gasteiger charge is 2.46. The van der Waals surface area contributed by atoms with Gasteiger partial charge in [0, 0.05) is 38.9 Å². The van der Waals surface area contributed by atoms with Crippen LogP contribution in [0.2, 0.25) is 0 Å². The lowest BCUT2D eigenvalue weighted by molar-refractivity contribution is -0.159. The zero-order valence-corrected chi connectivity index (χ0v) is 42.9. The molecule has 0 aliphatic carbocycles. The SMILES string of the molecule is C#CCOCCOCCOCCOCCC(=O)N(CCCCNC(=O)CO[C@@H]([C@@H]1OC(C(=O)O)=C[C@H](N=C(N)N)[C@H]1NC(C)=O)[C@H](O)CO)CCCCC(=O)CO[C@@H]([C@@H]1OC(C(=O)O)=C[C@H](N=C(N)N)[C@H]1C)[C@H](O)CO. The van der Waals surface area contributed by atoms with Gasteiger partial charge in [-0.3, -0.25) is 19.2 Å². The molecule has 0 saturated carbocycles. The second-order valence-electron chi connectivity index (χ2n) is 17.3. The van der Waals surface area contributed by atoms with Crippen molar-refractivity contribution in [1.82, 2.24) is 15.5 Å². The molecule has 0 aromatic heterocycles. The smallest absolute Gasteiger partial charge is 0.370 e. The quantitative estimate of drug-likeness (QED) is 0.0119. The standard InChI is InChI=1S/C47H77N9O20/c1-4-14-69-16-18-71-20-21-72-19-17-70-15-10-38(64)56(12-7-5-9-30(60)26-73-41(33(61)24-57)40-28(2)31(54-46(48)49)22-35(75-40)44(65)66)13-8-6-11-52-37(63)27-74-42(34(62)25-58)43-39(53-29(3)59)32(55-47(50)51)23-36(76-43)45(67)68/h1,22-23,28,31-34,39-43,57-58,61-62H,5-21,24-27H2,2-3H3,(H,52,63)(H,53,59)(H,65,66)(H,67,68)(H4,48,49,54)(H4,50,51,55)/t28-,31+,32+,33-,34-,39-,40-,41-,42-,43-/m1/s1. The molecule has 16 N–H and O–H groups in total. The van der Waals surface area contributed by atoms with E-state index in [4.69, 9.17) is 67.3 Å². The zero-order valence-electron chi connectivity index (χ0n) is 42.9. The summed E-state index contributed by atoms with van der Waals surface area (Å²) in [4.78, 5) is 85.0. The first-order valence-electron chi connectivity index (χ1n) is 24.5. The van der Waals surface area contributed by atoms with Crippen molar-refractivity contribution in [1.29, 1.82) is 0 Å². The lowest BCUT2D eigenvalue weighted by Gasteiger charge is -2.40. The summed E-state index contributed by atoms with van der Waals surface area (Å²) < 4.78 is 44.2. The van der Waals surface area contributed by atoms with Crippen LogP contribution in [0.25, 0.3) is 0 Å². The Morgan fingerprint density at radius 3 is 1.76 bits per heavy atom. The van der Waals surface area contributed by atoms with Gasteiger partial charge >= 0.3 is 11.9 Å². The molecule has 29 nitrogen and oxygen atoms in total. The van der Waals surface area contributed by atoms with E-state index in [0.717, 1.165) is 13.0 Å². The molecular weight excluding hydrogens is 1010 g/mol. The van der Waals surface area contributed by atoms with Crippen LogP contribution in [-0.4, -0.2) is 237 Å². The van der Waals surface area contributed by atoms with Crippen LogP contribution in [0.1, 0.15) is 52.4 Å². The number of hydrogen-bond donors (Lipinski definition) is 12. The number of hydrogen-bond acceptors (Lipinski definition) is 20. The highest BCUT2D eigenvalue weighted by molar-refractivity contribution is 5.86. The number of unbranched alkanes of at least 4 members (excludes halogenated alkanes) is 2. The van der Waals surface area contributed by atoms with E-state index < -0.39 is 134 Å². The van der Waals surface area contributed by atoms with E-state index in [2.05, 4.69) is 26.5 Å². The van der Waals surface area contributed by atoms with Crippen LogP contribution in [-0.2, 0) is 66.7 Å². The number of carbonyl (C=O) groups is 6. The first-order valence-corrected chi connectivity index (χ1v) is 24.5. The van der Waals surface area contributed by atoms with Crippen LogP contribution in [0, 0.1) is 18.3 Å². The number of nitrogens with zero attached hydrogens (tertiary/aromatic N) is 3. The van der Waals surface area contributed by atoms with Crippen LogP contribution in [0.4, 0.5) is 0 Å². The number of amides is 3. The zero-order chi connectivity index (χ0) is 56.6. The number of rotatable bonds is 40. The van der Waals surface area contributed by atoms with Crippen molar-refractivity contribution in [3.8, 4) is 12.3 Å². The number of aliphatic hydroxyl groups is 4. The van der Waals surface area contributed by atoms with Gasteiger partial charge in [-0.1, -0.05) is 12.8 Å². The van der Waals surface area contributed by atoms with Gasteiger partial charge in [0.2, 0.25) is 29.2 Å². The Morgan fingerprint density at radius 2 is 1.22 bits per heavy atom. The number of terminal acetylenes is 1. The first kappa shape index (κ1) is 65.9. The number of nitrogens with one attached hydrogen (secondary N) is 2. The highest BCUT2D eigenvalue weighted by Crippen LogP contribution is 2.31. The Bertz CT molecular complexity index is 2000. The van der Waals surface area contributed by atoms with Crippen LogP contribution in [0.3, 0.4) is 0 Å². The summed E-state index contributed by atoms with van der Waals surface area (Å²) in [5.74, 6) is -5.13. The second kappa shape index (κ2) is 36.7. The van der Waals surface area contributed by atoms with E-state index >= 15 is 0 Å². The molecule has 0 bridgehead atoms. The lowest BCUT2D eigenvalue weighted by Crippen LogP contribution is -2.60. The number of guanidine groups is 2. The third-order valence-corrected chi connectivity index (χ3v) is 11.4. The van der Waals surface area contributed by atoms with Gasteiger partial charge in [-0.15, -0.1) is 6.42 Å². The molecule has 3 amide bonds. The largest absolute Gasteiger partial charge is 0.480 e. The highest BCUT2D eigenvalue weighted by atomic mass is 16.6. The predicted molar refractivity (Wildman–Crippen MR) is 267 cm³/mol. The number of carbonyl (C=O) groups excluding carboxylic acids is 4. The summed E-state index contributed by atoms with van der Waals surface area (Å²) in [6.07, 6.45) is -0.108. The minimum atomic E-state index is -1.73. The van der Waals surface area contributed by atoms with Crippen molar-refractivity contribution in [3.63, 3.8) is 0 Å². The number of nitrogens with two attached hydrogens (primary N) is 4. The van der Waals surface area contributed by atoms with Gasteiger partial charge in [-0.05, 0) is 37.8 Å². The topological polar surface area (TPSA) is 454 Å². The van der Waals surface area contributed by atoms with Crippen molar-refractivity contribution in [2.45, 2.75) is 107 Å². The van der Waals surface area contributed by atoms with Gasteiger partial charge < -0.3 is 107 Å². The lowest BCUT2D eigenvalue weighted by atomic mass is 9.87. The van der Waals surface area contributed by atoms with Gasteiger partial charge in [0.15, 0.2) is 23.8 Å². The van der Waals surface area contributed by atoms with Crippen LogP contribution in [0.15, 0.2) is 33.7 Å². The number of aliphatic carboxylic acids is 2. The minimum absolute atomic E-state index is 0.00498. The Labute approximate surface area is 440 Å². The molecule has 0 aromatic carbocycles. The fourth-order valence-electron chi connectivity index (χ4n) is 7.70. The molecule has 0 unspecified atom stereocenters. The van der Waals surface area contributed by atoms with Crippen LogP contribution < -0.4 is 33.6 Å². The number of ether oxygens (including phenoxy) is 8. The molecule has 76 heavy (non-hydrogen) atoms. The predicted octanol–water partition coefficient (Wildman–Crippen LogP) is -4.82. The number of aliphatic imine (C=N–C) groups is 2. The molecule has 0 saturated heterocycles. The maximum atomic E-state index is 13.5. The maximum absolute atomic E-state index is 13.5. The molecule has 10 atom stereocenters. The number of ketones is 1. The van der Waals surface area contributed by atoms with Crippen LogP contribution >= 0.6 is 0 Å². The molecule has 2 heterocycles. The molecule has 0 aromatic rings. The van der Waals surface area contributed by atoms with Gasteiger partial charge in [-0.25, -0.2) is 19.6 Å². The Morgan fingerprint density at radius 1 is 0.724 bits per heavy atom. The average Bonchev–Trinajstić information content (AvgIpc) is 3.36. The maximum Gasteiger partial charge on any atom is 0.370 e. The van der Waals surface area contributed by atoms with E-state index in [9.17, 15) is 59.4 Å². The number of carboxylic acids is 2. The summed E-state index contributed by atoms with van der Waals surface area (Å²) in [6, 6.07) is -3.31. The molecule has 2 rings (SSSR count). The molecule has 29 heteroatoms. The first-order chi connectivity index (χ1) is 36.2. The molecule has 2 aliphatic heterocycles. The summed E-state index contributed by atoms with van der Waals surface area (Å²) in [6.45, 7) is 2.56. The molecule has 0 fully saturated rings. The Balaban J connectivity index is 2.02. The molecular formula is C47H77N9O20. The Kier molecular flexibility index (Phi) is 31.8. The third kappa shape index (κ3) is 25.1. The summed E-state index contributed by atoms with van der Waals surface area (Å²) in [5, 5.41) is 65.5. The van der Waals surface area contributed by atoms with Gasteiger partial charge in [0.25, 0.3) is 0 Å². The van der Waals surface area contributed by atoms with Crippen molar-refractivity contribution in [3.05, 3.63) is 23.7 Å². The summed E-state index contributed by atoms with van der Waals surface area (Å²) >= 11 is 0. The van der Waals surface area contributed by atoms with Crippen LogP contribution in [0.5, 0.6) is 0 Å². The van der Waals surface area contributed by atoms with E-state index in [-0.39, 0.29) is 70.8 Å². The monoisotopic (exact) mass is 1090 g/mol. The fraction of sp³-hybridized carbons (Fsp3) is 0.702. The summed E-state index contributed by atoms with van der Waals surface area (Å²) in [7, 11) is 0. The molecule has 0 radical (unpaired) electrons. The van der Waals surface area contributed by atoms with Gasteiger partial charge in [0.05, 0.1) is 84.0 Å². The minimum Gasteiger partial charge on any atom is -0.480 e. The second-order valence-corrected chi connectivity index (χ2v) is 17.3. The third-order valence-electron chi connectivity index (χ3n) is 11.4. The summed E-state index contributed by atoms with van der Waals surface area (Å²) in [5.41, 5.74) is 22.2. The van der Waals surface area contributed by atoms with Gasteiger partial charge in [-0.2, -0.15) is 0 Å². The normalized spacial score (nSPS) is 20.6. The fourth-order valence-corrected chi connectivity index (χ4v) is 7.70. The van der Waals surface area contributed by atoms with E-state index in [1.165, 1.54) is 6.08 Å². The van der Waals surface area contributed by atoms with E-state index in [1.807, 2.05) is 0 Å². The average molecular weight is 1090 g/mol. The molecule has 2 aliphatic rings. The van der Waals surface area contributed by atoms with E-state index in [1.54, 1.807) is 11.8 Å². The van der Waals surface area contributed by atoms with E-state index in [0.29, 0.717) is 52.1 Å². The van der Waals surface area contributed by atoms with Crippen molar-refractivity contribution >= 4 is 47.4 Å². The number of Topliss-reactive ketones (excluding diaryl/α,β-unsaturated/α-hetero) is 1. The molecule has 0 spiro atoms.